The van der Waals surface area contributed by atoms with Gasteiger partial charge in [-0.15, -0.1) is 0 Å². The first kappa shape index (κ1) is 20.0. The number of carbonyl (C=O) groups is 1. The first-order chi connectivity index (χ1) is 12.3. The topological polar surface area (TPSA) is 41.9 Å². The fraction of sp³-hybridized carbons (Fsp3) is 0.333. The van der Waals surface area contributed by atoms with Crippen LogP contribution in [-0.4, -0.2) is 37.2 Å². The lowest BCUT2D eigenvalue weighted by atomic mass is 10.0. The summed E-state index contributed by atoms with van der Waals surface area (Å²) >= 11 is 6.31. The van der Waals surface area contributed by atoms with E-state index in [0.29, 0.717) is 16.3 Å². The molecule has 0 saturated carbocycles. The second kappa shape index (κ2) is 8.86. The lowest BCUT2D eigenvalue weighted by Crippen LogP contribution is -2.14. The number of benzene rings is 2. The van der Waals surface area contributed by atoms with Gasteiger partial charge < -0.3 is 9.64 Å². The molecule has 4 nitrogen and oxygen atoms in total. The van der Waals surface area contributed by atoms with Crippen molar-refractivity contribution in [2.24, 2.45) is 4.99 Å². The SMILES string of the molecule is CCN(C)/C=N\c1cc(C)c(C(=O)COc2cc(C)ccc2C)cc1Cl. The smallest absolute Gasteiger partial charge is 0.200 e. The molecule has 0 atom stereocenters. The molecule has 0 radical (unpaired) electrons. The van der Waals surface area contributed by atoms with Crippen LogP contribution in [0, 0.1) is 20.8 Å². The summed E-state index contributed by atoms with van der Waals surface area (Å²) in [5.74, 6) is 0.623. The largest absolute Gasteiger partial charge is 0.485 e. The fourth-order valence-electron chi connectivity index (χ4n) is 2.39. The molecule has 0 spiro atoms. The summed E-state index contributed by atoms with van der Waals surface area (Å²) in [6.45, 7) is 8.70. The molecule has 0 unspecified atom stereocenters. The number of Topliss-reactive ketones (excluding diaryl/α,β-unsaturated/α-hetero) is 1. The summed E-state index contributed by atoms with van der Waals surface area (Å²) in [4.78, 5) is 18.9. The molecule has 0 N–H and O–H groups in total. The Morgan fingerprint density at radius 1 is 1.19 bits per heavy atom. The third-order valence-corrected chi connectivity index (χ3v) is 4.49. The van der Waals surface area contributed by atoms with E-state index in [0.717, 1.165) is 29.0 Å². The first-order valence-corrected chi connectivity index (χ1v) is 8.97. The van der Waals surface area contributed by atoms with E-state index in [2.05, 4.69) is 4.99 Å². The van der Waals surface area contributed by atoms with Gasteiger partial charge in [0.25, 0.3) is 0 Å². The van der Waals surface area contributed by atoms with Gasteiger partial charge in [0, 0.05) is 19.2 Å². The molecule has 5 heteroatoms. The molecule has 0 bridgehead atoms. The zero-order valence-corrected chi connectivity index (χ0v) is 16.7. The second-order valence-electron chi connectivity index (χ2n) is 6.42. The van der Waals surface area contributed by atoms with Gasteiger partial charge in [-0.1, -0.05) is 23.7 Å². The van der Waals surface area contributed by atoms with Gasteiger partial charge in [-0.25, -0.2) is 4.99 Å². The number of rotatable bonds is 7. The van der Waals surface area contributed by atoms with E-state index >= 15 is 0 Å². The Kier molecular flexibility index (Phi) is 6.81. The predicted molar refractivity (Wildman–Crippen MR) is 108 cm³/mol. The molecule has 0 aromatic heterocycles. The average molecular weight is 373 g/mol. The van der Waals surface area contributed by atoms with Gasteiger partial charge in [-0.05, 0) is 62.6 Å². The summed E-state index contributed by atoms with van der Waals surface area (Å²) in [7, 11) is 1.94. The lowest BCUT2D eigenvalue weighted by Gasteiger charge is -2.12. The molecular weight excluding hydrogens is 348 g/mol. The zero-order chi connectivity index (χ0) is 19.3. The van der Waals surface area contributed by atoms with Gasteiger partial charge in [0.1, 0.15) is 5.75 Å². The Morgan fingerprint density at radius 3 is 2.62 bits per heavy atom. The van der Waals surface area contributed by atoms with E-state index < -0.39 is 0 Å². The fourth-order valence-corrected chi connectivity index (χ4v) is 2.60. The minimum atomic E-state index is -0.105. The van der Waals surface area contributed by atoms with Crippen molar-refractivity contribution in [1.29, 1.82) is 0 Å². The van der Waals surface area contributed by atoms with Crippen molar-refractivity contribution in [3.63, 3.8) is 0 Å². The van der Waals surface area contributed by atoms with Gasteiger partial charge >= 0.3 is 0 Å². The molecule has 0 heterocycles. The first-order valence-electron chi connectivity index (χ1n) is 8.59. The van der Waals surface area contributed by atoms with Gasteiger partial charge in [-0.3, -0.25) is 4.79 Å². The van der Waals surface area contributed by atoms with Gasteiger partial charge in [-0.2, -0.15) is 0 Å². The third kappa shape index (κ3) is 5.09. The highest BCUT2D eigenvalue weighted by Crippen LogP contribution is 2.29. The van der Waals surface area contributed by atoms with Crippen LogP contribution < -0.4 is 4.74 Å². The summed E-state index contributed by atoms with van der Waals surface area (Å²) in [6, 6.07) is 9.43. The van der Waals surface area contributed by atoms with Crippen LogP contribution >= 0.6 is 11.6 Å². The zero-order valence-electron chi connectivity index (χ0n) is 16.0. The standard InChI is InChI=1S/C21H25ClN2O2/c1-6-24(5)13-23-19-10-16(4)17(11-18(19)22)20(25)12-26-21-9-14(2)7-8-15(21)3/h7-11,13H,6,12H2,1-5H3/b23-13-. The number of aliphatic imine (C=N–C) groups is 1. The third-order valence-electron chi connectivity index (χ3n) is 4.19. The number of nitrogens with zero attached hydrogens (tertiary/aromatic N) is 2. The van der Waals surface area contributed by atoms with E-state index in [-0.39, 0.29) is 12.4 Å². The highest BCUT2D eigenvalue weighted by Gasteiger charge is 2.14. The van der Waals surface area contributed by atoms with Gasteiger partial charge in [0.15, 0.2) is 6.61 Å². The van der Waals surface area contributed by atoms with Crippen LogP contribution in [0.25, 0.3) is 0 Å². The summed E-state index contributed by atoms with van der Waals surface area (Å²) in [5.41, 5.74) is 4.13. The molecule has 0 fully saturated rings. The van der Waals surface area contributed by atoms with E-state index in [1.807, 2.05) is 63.9 Å². The van der Waals surface area contributed by atoms with Crippen LogP contribution in [-0.2, 0) is 0 Å². The molecule has 26 heavy (non-hydrogen) atoms. The normalized spacial score (nSPS) is 11.0. The molecule has 0 aliphatic heterocycles. The molecule has 2 aromatic rings. The van der Waals surface area contributed by atoms with E-state index in [4.69, 9.17) is 16.3 Å². The Bertz CT molecular complexity index is 831. The number of ether oxygens (including phenoxy) is 1. The number of aryl methyl sites for hydroxylation is 3. The number of ketones is 1. The Morgan fingerprint density at radius 2 is 1.92 bits per heavy atom. The number of carbonyl (C=O) groups excluding carboxylic acids is 1. The van der Waals surface area contributed by atoms with Crippen LogP contribution in [0.15, 0.2) is 35.3 Å². The Labute approximate surface area is 160 Å². The van der Waals surface area contributed by atoms with Crippen molar-refractivity contribution in [3.8, 4) is 5.75 Å². The van der Waals surface area contributed by atoms with Crippen LogP contribution in [0.1, 0.15) is 34.0 Å². The van der Waals surface area contributed by atoms with Crippen molar-refractivity contribution >= 4 is 29.4 Å². The maximum atomic E-state index is 12.6. The quantitative estimate of drug-likeness (QED) is 0.384. The van der Waals surface area contributed by atoms with Crippen molar-refractivity contribution < 1.29 is 9.53 Å². The molecule has 2 rings (SSSR count). The van der Waals surface area contributed by atoms with E-state index in [9.17, 15) is 4.79 Å². The predicted octanol–water partition coefficient (Wildman–Crippen LogP) is 5.14. The molecule has 0 aliphatic carbocycles. The Hall–Kier alpha value is -2.33. The van der Waals surface area contributed by atoms with Crippen LogP contribution in [0.3, 0.4) is 0 Å². The number of halogens is 1. The highest BCUT2D eigenvalue weighted by atomic mass is 35.5. The monoisotopic (exact) mass is 372 g/mol. The van der Waals surface area contributed by atoms with Gasteiger partial charge in [0.2, 0.25) is 5.78 Å². The van der Waals surface area contributed by atoms with Crippen molar-refractivity contribution in [1.82, 2.24) is 4.90 Å². The molecular formula is C21H25ClN2O2. The summed E-state index contributed by atoms with van der Waals surface area (Å²) in [5, 5.41) is 0.450. The lowest BCUT2D eigenvalue weighted by molar-refractivity contribution is 0.0920. The summed E-state index contributed by atoms with van der Waals surface area (Å²) < 4.78 is 5.72. The van der Waals surface area contributed by atoms with Crippen LogP contribution in [0.4, 0.5) is 5.69 Å². The maximum Gasteiger partial charge on any atom is 0.200 e. The molecule has 0 saturated heterocycles. The maximum absolute atomic E-state index is 12.6. The van der Waals surface area contributed by atoms with Crippen LogP contribution in [0.2, 0.25) is 5.02 Å². The van der Waals surface area contributed by atoms with Crippen molar-refractivity contribution in [3.05, 3.63) is 57.6 Å². The average Bonchev–Trinajstić information content (AvgIpc) is 2.62. The number of hydrogen-bond acceptors (Lipinski definition) is 3. The van der Waals surface area contributed by atoms with Crippen LogP contribution in [0.5, 0.6) is 5.75 Å². The second-order valence-corrected chi connectivity index (χ2v) is 6.82. The minimum Gasteiger partial charge on any atom is -0.485 e. The van der Waals surface area contributed by atoms with Gasteiger partial charge in [0.05, 0.1) is 17.0 Å². The Balaban J connectivity index is 2.15. The molecule has 2 aromatic carbocycles. The van der Waals surface area contributed by atoms with Crippen molar-refractivity contribution in [2.75, 3.05) is 20.2 Å². The van der Waals surface area contributed by atoms with E-state index in [1.165, 1.54) is 0 Å². The highest BCUT2D eigenvalue weighted by molar-refractivity contribution is 6.33. The molecule has 0 aliphatic rings. The van der Waals surface area contributed by atoms with Crippen molar-refractivity contribution in [2.45, 2.75) is 27.7 Å². The molecule has 138 valence electrons. The summed E-state index contributed by atoms with van der Waals surface area (Å²) in [6.07, 6.45) is 1.73. The number of hydrogen-bond donors (Lipinski definition) is 0. The van der Waals surface area contributed by atoms with E-state index in [1.54, 1.807) is 12.4 Å². The molecule has 0 amide bonds. The minimum absolute atomic E-state index is 0.0251.